The molecule has 0 radical (unpaired) electrons. The Morgan fingerprint density at radius 3 is 2.69 bits per heavy atom. The molecule has 1 rings (SSSR count). The van der Waals surface area contributed by atoms with Gasteiger partial charge in [-0.15, -0.1) is 0 Å². The summed E-state index contributed by atoms with van der Waals surface area (Å²) in [6, 6.07) is 0. The van der Waals surface area contributed by atoms with E-state index in [1.807, 2.05) is 6.92 Å². The number of amides is 2. The van der Waals surface area contributed by atoms with Crippen LogP contribution in [0.3, 0.4) is 0 Å². The van der Waals surface area contributed by atoms with Gasteiger partial charge in [0.25, 0.3) is 0 Å². The Labute approximate surface area is 95.8 Å². The molecule has 0 bridgehead atoms. The van der Waals surface area contributed by atoms with Gasteiger partial charge in [0.2, 0.25) is 11.8 Å². The van der Waals surface area contributed by atoms with Gasteiger partial charge in [-0.3, -0.25) is 9.59 Å². The summed E-state index contributed by atoms with van der Waals surface area (Å²) in [6.45, 7) is 6.51. The first-order valence-corrected chi connectivity index (χ1v) is 5.61. The molecule has 0 aliphatic carbocycles. The molecule has 92 valence electrons. The molecule has 5 heteroatoms. The number of carbonyl (C=O) groups excluding carboxylic acids is 2. The summed E-state index contributed by atoms with van der Waals surface area (Å²) < 4.78 is 0. The maximum atomic E-state index is 11.7. The van der Waals surface area contributed by atoms with Gasteiger partial charge in [-0.25, -0.2) is 0 Å². The predicted octanol–water partition coefficient (Wildman–Crippen LogP) is -0.258. The van der Waals surface area contributed by atoms with E-state index in [9.17, 15) is 14.7 Å². The first kappa shape index (κ1) is 13.0. The molecule has 0 aromatic rings. The largest absolute Gasteiger partial charge is 0.389 e. The summed E-state index contributed by atoms with van der Waals surface area (Å²) in [6.07, 6.45) is 0.283. The lowest BCUT2D eigenvalue weighted by Gasteiger charge is -2.19. The Kier molecular flexibility index (Phi) is 3.91. The minimum Gasteiger partial charge on any atom is -0.389 e. The first-order valence-electron chi connectivity index (χ1n) is 5.61. The van der Waals surface area contributed by atoms with Crippen LogP contribution in [0.4, 0.5) is 0 Å². The van der Waals surface area contributed by atoms with Gasteiger partial charge < -0.3 is 15.3 Å². The zero-order chi connectivity index (χ0) is 12.3. The maximum Gasteiger partial charge on any atom is 0.225 e. The van der Waals surface area contributed by atoms with Crippen LogP contribution in [0.15, 0.2) is 0 Å². The van der Waals surface area contributed by atoms with E-state index >= 15 is 0 Å². The number of rotatable bonds is 4. The monoisotopic (exact) mass is 228 g/mol. The quantitative estimate of drug-likeness (QED) is 0.696. The van der Waals surface area contributed by atoms with Crippen molar-refractivity contribution in [2.24, 2.45) is 5.92 Å². The fraction of sp³-hybridized carbons (Fsp3) is 0.818. The van der Waals surface area contributed by atoms with Gasteiger partial charge in [0.15, 0.2) is 0 Å². The summed E-state index contributed by atoms with van der Waals surface area (Å²) in [5.41, 5.74) is -0.914. The molecule has 1 aliphatic heterocycles. The van der Waals surface area contributed by atoms with Crippen LogP contribution < -0.4 is 5.32 Å². The number of hydrogen-bond acceptors (Lipinski definition) is 3. The molecule has 1 aliphatic rings. The first-order chi connectivity index (χ1) is 7.33. The van der Waals surface area contributed by atoms with Crippen LogP contribution in [0, 0.1) is 5.92 Å². The molecule has 1 unspecified atom stereocenters. The summed E-state index contributed by atoms with van der Waals surface area (Å²) in [4.78, 5) is 24.8. The Bertz CT molecular complexity index is 283. The van der Waals surface area contributed by atoms with Crippen LogP contribution in [-0.4, -0.2) is 47.1 Å². The maximum absolute atomic E-state index is 11.7. The highest BCUT2D eigenvalue weighted by atomic mass is 16.3. The number of nitrogens with zero attached hydrogens (tertiary/aromatic N) is 1. The lowest BCUT2D eigenvalue weighted by atomic mass is 10.1. The van der Waals surface area contributed by atoms with Crippen molar-refractivity contribution >= 4 is 11.8 Å². The van der Waals surface area contributed by atoms with Crippen molar-refractivity contribution in [3.05, 3.63) is 0 Å². The second-order valence-corrected chi connectivity index (χ2v) is 4.86. The van der Waals surface area contributed by atoms with Gasteiger partial charge in [0, 0.05) is 26.1 Å². The molecule has 2 N–H and O–H groups in total. The van der Waals surface area contributed by atoms with Crippen molar-refractivity contribution in [3.8, 4) is 0 Å². The highest BCUT2D eigenvalue weighted by Gasteiger charge is 2.33. The van der Waals surface area contributed by atoms with E-state index in [0.717, 1.165) is 0 Å². The van der Waals surface area contributed by atoms with E-state index in [2.05, 4.69) is 5.32 Å². The van der Waals surface area contributed by atoms with Gasteiger partial charge in [-0.2, -0.15) is 0 Å². The summed E-state index contributed by atoms with van der Waals surface area (Å²) in [5.74, 6) is -0.382. The van der Waals surface area contributed by atoms with Gasteiger partial charge in [-0.1, -0.05) is 0 Å². The second-order valence-electron chi connectivity index (χ2n) is 4.86. The van der Waals surface area contributed by atoms with Gasteiger partial charge in [-0.05, 0) is 20.8 Å². The average Bonchev–Trinajstić information content (AvgIpc) is 2.55. The zero-order valence-corrected chi connectivity index (χ0v) is 10.1. The standard InChI is InChI=1S/C11H20N2O3/c1-4-13-6-8(5-9(13)14)10(15)12-7-11(2,3)16/h8,16H,4-7H2,1-3H3,(H,12,15). The molecule has 1 fully saturated rings. The highest BCUT2D eigenvalue weighted by molar-refractivity contribution is 5.89. The van der Waals surface area contributed by atoms with Crippen molar-refractivity contribution in [3.63, 3.8) is 0 Å². The molecule has 16 heavy (non-hydrogen) atoms. The number of hydrogen-bond donors (Lipinski definition) is 2. The van der Waals surface area contributed by atoms with Crippen LogP contribution in [0.25, 0.3) is 0 Å². The third-order valence-electron chi connectivity index (χ3n) is 2.66. The number of likely N-dealkylation sites (tertiary alicyclic amines) is 1. The lowest BCUT2D eigenvalue weighted by Crippen LogP contribution is -2.41. The van der Waals surface area contributed by atoms with Gasteiger partial charge in [0.05, 0.1) is 11.5 Å². The molecule has 0 aromatic carbocycles. The van der Waals surface area contributed by atoms with Crippen molar-refractivity contribution in [1.82, 2.24) is 10.2 Å². The third-order valence-corrected chi connectivity index (χ3v) is 2.66. The SMILES string of the molecule is CCN1CC(C(=O)NCC(C)(C)O)CC1=O. The highest BCUT2D eigenvalue weighted by Crippen LogP contribution is 2.17. The van der Waals surface area contributed by atoms with E-state index in [4.69, 9.17) is 0 Å². The minimum atomic E-state index is -0.914. The second kappa shape index (κ2) is 4.82. The number of nitrogens with one attached hydrogen (secondary N) is 1. The average molecular weight is 228 g/mol. The predicted molar refractivity (Wildman–Crippen MR) is 59.7 cm³/mol. The number of carbonyl (C=O) groups is 2. The lowest BCUT2D eigenvalue weighted by molar-refractivity contribution is -0.129. The van der Waals surface area contributed by atoms with Crippen molar-refractivity contribution in [2.45, 2.75) is 32.8 Å². The van der Waals surface area contributed by atoms with Gasteiger partial charge in [0.1, 0.15) is 0 Å². The zero-order valence-electron chi connectivity index (χ0n) is 10.1. The van der Waals surface area contributed by atoms with E-state index < -0.39 is 5.60 Å². The van der Waals surface area contributed by atoms with Crippen molar-refractivity contribution in [1.29, 1.82) is 0 Å². The minimum absolute atomic E-state index is 0.0332. The van der Waals surface area contributed by atoms with E-state index in [1.54, 1.807) is 18.7 Å². The molecule has 5 nitrogen and oxygen atoms in total. The summed E-state index contributed by atoms with van der Waals surface area (Å²) in [5, 5.41) is 12.1. The van der Waals surface area contributed by atoms with Crippen molar-refractivity contribution in [2.75, 3.05) is 19.6 Å². The molecular formula is C11H20N2O3. The summed E-state index contributed by atoms with van der Waals surface area (Å²) >= 11 is 0. The smallest absolute Gasteiger partial charge is 0.225 e. The third kappa shape index (κ3) is 3.48. The van der Waals surface area contributed by atoms with E-state index in [0.29, 0.717) is 13.1 Å². The molecular weight excluding hydrogens is 208 g/mol. The fourth-order valence-electron chi connectivity index (χ4n) is 1.70. The molecule has 2 amide bonds. The normalized spacial score (nSPS) is 21.4. The van der Waals surface area contributed by atoms with E-state index in [-0.39, 0.29) is 30.7 Å². The topological polar surface area (TPSA) is 69.6 Å². The molecule has 1 heterocycles. The summed E-state index contributed by atoms with van der Waals surface area (Å²) in [7, 11) is 0. The van der Waals surface area contributed by atoms with Crippen LogP contribution in [0.5, 0.6) is 0 Å². The number of aliphatic hydroxyl groups is 1. The molecule has 1 saturated heterocycles. The van der Waals surface area contributed by atoms with Crippen LogP contribution in [-0.2, 0) is 9.59 Å². The Morgan fingerprint density at radius 2 is 2.25 bits per heavy atom. The molecule has 1 atom stereocenters. The molecule has 0 saturated carbocycles. The molecule has 0 aromatic heterocycles. The van der Waals surface area contributed by atoms with E-state index in [1.165, 1.54) is 0 Å². The van der Waals surface area contributed by atoms with Crippen molar-refractivity contribution < 1.29 is 14.7 Å². The fourth-order valence-corrected chi connectivity index (χ4v) is 1.70. The Morgan fingerprint density at radius 1 is 1.62 bits per heavy atom. The van der Waals surface area contributed by atoms with Gasteiger partial charge >= 0.3 is 0 Å². The Balaban J connectivity index is 2.42. The Hall–Kier alpha value is -1.10. The van der Waals surface area contributed by atoms with Crippen LogP contribution in [0.1, 0.15) is 27.2 Å². The molecule has 0 spiro atoms. The van der Waals surface area contributed by atoms with Crippen LogP contribution in [0.2, 0.25) is 0 Å². The van der Waals surface area contributed by atoms with Crippen LogP contribution >= 0.6 is 0 Å².